The van der Waals surface area contributed by atoms with Crippen LogP contribution < -0.4 is 5.73 Å². The summed E-state index contributed by atoms with van der Waals surface area (Å²) < 4.78 is 0. The van der Waals surface area contributed by atoms with Gasteiger partial charge in [-0.05, 0) is 24.2 Å². The molecular formula is C18H37N. The van der Waals surface area contributed by atoms with Crippen molar-refractivity contribution in [3.05, 3.63) is 0 Å². The van der Waals surface area contributed by atoms with Crippen LogP contribution in [0.25, 0.3) is 0 Å². The standard InChI is InChI=1S/C18H37N/c1-4-5-6-7-8-9-10-14-17(19)18(3)15-12-11-13-16(18)2/h16-17H,4-15,19H2,1-3H3. The van der Waals surface area contributed by atoms with Crippen LogP contribution in [0.3, 0.4) is 0 Å². The Morgan fingerprint density at radius 2 is 1.68 bits per heavy atom. The van der Waals surface area contributed by atoms with E-state index in [1.54, 1.807) is 0 Å². The molecule has 0 aromatic rings. The second kappa shape index (κ2) is 9.00. The summed E-state index contributed by atoms with van der Waals surface area (Å²) in [5, 5.41) is 0. The SMILES string of the molecule is CCCCCCCCCC(N)C1(C)CCCCC1C. The molecule has 1 fully saturated rings. The molecule has 2 N–H and O–H groups in total. The van der Waals surface area contributed by atoms with Gasteiger partial charge in [-0.2, -0.15) is 0 Å². The molecule has 0 spiro atoms. The minimum Gasteiger partial charge on any atom is -0.327 e. The molecule has 1 nitrogen and oxygen atoms in total. The summed E-state index contributed by atoms with van der Waals surface area (Å²) in [6.45, 7) is 7.15. The Hall–Kier alpha value is -0.0400. The Morgan fingerprint density at radius 1 is 1.05 bits per heavy atom. The average molecular weight is 268 g/mol. The molecular weight excluding hydrogens is 230 g/mol. The summed E-state index contributed by atoms with van der Waals surface area (Å²) in [5.41, 5.74) is 6.95. The lowest BCUT2D eigenvalue weighted by molar-refractivity contribution is 0.0896. The van der Waals surface area contributed by atoms with Crippen molar-refractivity contribution in [3.8, 4) is 0 Å². The van der Waals surface area contributed by atoms with Gasteiger partial charge in [-0.3, -0.25) is 0 Å². The summed E-state index contributed by atoms with van der Waals surface area (Å²) in [5.74, 6) is 0.820. The molecule has 0 aliphatic heterocycles. The van der Waals surface area contributed by atoms with E-state index in [-0.39, 0.29) is 0 Å². The van der Waals surface area contributed by atoms with Gasteiger partial charge >= 0.3 is 0 Å². The van der Waals surface area contributed by atoms with Crippen LogP contribution in [0, 0.1) is 11.3 Å². The smallest absolute Gasteiger partial charge is 0.00954 e. The molecule has 3 atom stereocenters. The van der Waals surface area contributed by atoms with E-state index in [0.29, 0.717) is 11.5 Å². The fourth-order valence-electron chi connectivity index (χ4n) is 3.73. The molecule has 1 aliphatic carbocycles. The second-order valence-corrected chi connectivity index (χ2v) is 7.17. The van der Waals surface area contributed by atoms with Crippen LogP contribution in [0.5, 0.6) is 0 Å². The summed E-state index contributed by atoms with van der Waals surface area (Å²) in [6.07, 6.45) is 16.6. The number of hydrogen-bond donors (Lipinski definition) is 1. The van der Waals surface area contributed by atoms with Gasteiger partial charge in [0.25, 0.3) is 0 Å². The van der Waals surface area contributed by atoms with Crippen molar-refractivity contribution in [3.63, 3.8) is 0 Å². The predicted octanol–water partition coefficient (Wildman–Crippen LogP) is 5.67. The van der Waals surface area contributed by atoms with Crippen molar-refractivity contribution in [1.29, 1.82) is 0 Å². The Kier molecular flexibility index (Phi) is 8.06. The fourth-order valence-corrected chi connectivity index (χ4v) is 3.73. The zero-order chi connectivity index (χ0) is 14.1. The molecule has 1 aliphatic rings. The van der Waals surface area contributed by atoms with E-state index in [1.807, 2.05) is 0 Å². The van der Waals surface area contributed by atoms with E-state index >= 15 is 0 Å². The Labute approximate surface area is 121 Å². The first-order valence-electron chi connectivity index (χ1n) is 8.87. The third-order valence-electron chi connectivity index (χ3n) is 5.69. The first-order chi connectivity index (χ1) is 9.11. The summed E-state index contributed by atoms with van der Waals surface area (Å²) in [7, 11) is 0. The van der Waals surface area contributed by atoms with Crippen LogP contribution in [0.2, 0.25) is 0 Å². The largest absolute Gasteiger partial charge is 0.327 e. The van der Waals surface area contributed by atoms with Gasteiger partial charge in [-0.15, -0.1) is 0 Å². The van der Waals surface area contributed by atoms with Crippen molar-refractivity contribution in [2.45, 2.75) is 104 Å². The van der Waals surface area contributed by atoms with Crippen molar-refractivity contribution in [2.75, 3.05) is 0 Å². The van der Waals surface area contributed by atoms with Crippen LogP contribution in [-0.2, 0) is 0 Å². The van der Waals surface area contributed by atoms with Gasteiger partial charge < -0.3 is 5.73 Å². The highest BCUT2D eigenvalue weighted by atomic mass is 14.7. The molecule has 0 saturated heterocycles. The van der Waals surface area contributed by atoms with Gasteiger partial charge in [0.1, 0.15) is 0 Å². The van der Waals surface area contributed by atoms with Crippen LogP contribution in [0.1, 0.15) is 97.8 Å². The lowest BCUT2D eigenvalue weighted by atomic mass is 9.63. The van der Waals surface area contributed by atoms with Gasteiger partial charge in [0.15, 0.2) is 0 Å². The van der Waals surface area contributed by atoms with E-state index < -0.39 is 0 Å². The van der Waals surface area contributed by atoms with Crippen LogP contribution in [0.15, 0.2) is 0 Å². The second-order valence-electron chi connectivity index (χ2n) is 7.17. The highest BCUT2D eigenvalue weighted by Gasteiger charge is 2.38. The van der Waals surface area contributed by atoms with E-state index in [0.717, 1.165) is 5.92 Å². The summed E-state index contributed by atoms with van der Waals surface area (Å²) >= 11 is 0. The van der Waals surface area contributed by atoms with Crippen molar-refractivity contribution < 1.29 is 0 Å². The maximum atomic E-state index is 6.54. The van der Waals surface area contributed by atoms with Gasteiger partial charge in [0.2, 0.25) is 0 Å². The molecule has 0 radical (unpaired) electrons. The molecule has 19 heavy (non-hydrogen) atoms. The van der Waals surface area contributed by atoms with E-state index in [2.05, 4.69) is 20.8 Å². The van der Waals surface area contributed by atoms with Crippen molar-refractivity contribution >= 4 is 0 Å². The lowest BCUT2D eigenvalue weighted by Crippen LogP contribution is -2.45. The predicted molar refractivity (Wildman–Crippen MR) is 86.3 cm³/mol. The molecule has 1 saturated carbocycles. The Balaban J connectivity index is 2.14. The molecule has 0 aromatic carbocycles. The Morgan fingerprint density at radius 3 is 2.32 bits per heavy atom. The summed E-state index contributed by atoms with van der Waals surface area (Å²) in [4.78, 5) is 0. The molecule has 3 unspecified atom stereocenters. The number of hydrogen-bond acceptors (Lipinski definition) is 1. The maximum Gasteiger partial charge on any atom is 0.00954 e. The zero-order valence-corrected chi connectivity index (χ0v) is 13.7. The molecule has 1 heteroatoms. The zero-order valence-electron chi connectivity index (χ0n) is 13.7. The maximum absolute atomic E-state index is 6.54. The normalized spacial score (nSPS) is 29.4. The minimum atomic E-state index is 0.417. The molecule has 0 amide bonds. The molecule has 1 rings (SSSR count). The van der Waals surface area contributed by atoms with Gasteiger partial charge in [-0.25, -0.2) is 0 Å². The van der Waals surface area contributed by atoms with Crippen LogP contribution >= 0.6 is 0 Å². The number of rotatable bonds is 9. The molecule has 0 heterocycles. The van der Waals surface area contributed by atoms with Crippen molar-refractivity contribution in [1.82, 2.24) is 0 Å². The molecule has 0 bridgehead atoms. The van der Waals surface area contributed by atoms with Crippen LogP contribution in [-0.4, -0.2) is 6.04 Å². The van der Waals surface area contributed by atoms with Gasteiger partial charge in [-0.1, -0.05) is 85.0 Å². The first-order valence-corrected chi connectivity index (χ1v) is 8.87. The molecule has 114 valence electrons. The van der Waals surface area contributed by atoms with Crippen molar-refractivity contribution in [2.24, 2.45) is 17.1 Å². The van der Waals surface area contributed by atoms with E-state index in [9.17, 15) is 0 Å². The third kappa shape index (κ3) is 5.45. The Bertz CT molecular complexity index is 226. The quantitative estimate of drug-likeness (QED) is 0.535. The highest BCUT2D eigenvalue weighted by Crippen LogP contribution is 2.43. The number of unbranched alkanes of at least 4 members (excludes halogenated alkanes) is 6. The van der Waals surface area contributed by atoms with Gasteiger partial charge in [0.05, 0.1) is 0 Å². The van der Waals surface area contributed by atoms with Gasteiger partial charge in [0, 0.05) is 6.04 Å². The first kappa shape index (κ1) is 17.0. The lowest BCUT2D eigenvalue weighted by Gasteiger charge is -2.44. The minimum absolute atomic E-state index is 0.417. The monoisotopic (exact) mass is 267 g/mol. The van der Waals surface area contributed by atoms with E-state index in [1.165, 1.54) is 77.0 Å². The highest BCUT2D eigenvalue weighted by molar-refractivity contribution is 4.91. The van der Waals surface area contributed by atoms with Crippen LogP contribution in [0.4, 0.5) is 0 Å². The molecule has 0 aromatic heterocycles. The third-order valence-corrected chi connectivity index (χ3v) is 5.69. The number of nitrogens with two attached hydrogens (primary N) is 1. The average Bonchev–Trinajstić information content (AvgIpc) is 2.41. The topological polar surface area (TPSA) is 26.0 Å². The summed E-state index contributed by atoms with van der Waals surface area (Å²) in [6, 6.07) is 0.429. The van der Waals surface area contributed by atoms with E-state index in [4.69, 9.17) is 5.73 Å². The fraction of sp³-hybridized carbons (Fsp3) is 1.00.